The van der Waals surface area contributed by atoms with E-state index in [0.29, 0.717) is 0 Å². The SMILES string of the molecule is Cc1cccc(-n2c3cccnc3c3nc4c(cc32)c2ccccc2n4-c2ccccc2)c1. The first-order valence-electron chi connectivity index (χ1n) is 11.1. The van der Waals surface area contributed by atoms with E-state index >= 15 is 0 Å². The Bertz CT molecular complexity index is 1820. The van der Waals surface area contributed by atoms with E-state index in [1.807, 2.05) is 18.3 Å². The summed E-state index contributed by atoms with van der Waals surface area (Å²) < 4.78 is 4.54. The predicted molar refractivity (Wildman–Crippen MR) is 135 cm³/mol. The molecule has 0 saturated heterocycles. The second kappa shape index (κ2) is 6.78. The number of rotatable bonds is 2. The van der Waals surface area contributed by atoms with Crippen LogP contribution in [0.15, 0.2) is 103 Å². The van der Waals surface area contributed by atoms with E-state index in [0.717, 1.165) is 50.0 Å². The highest BCUT2D eigenvalue weighted by atomic mass is 15.1. The molecule has 4 nitrogen and oxygen atoms in total. The number of aryl methyl sites for hydroxylation is 1. The van der Waals surface area contributed by atoms with Crippen LogP contribution in [0, 0.1) is 6.92 Å². The first-order chi connectivity index (χ1) is 16.3. The molecule has 7 aromatic rings. The molecule has 4 heteroatoms. The maximum atomic E-state index is 5.27. The lowest BCUT2D eigenvalue weighted by molar-refractivity contribution is 1.14. The van der Waals surface area contributed by atoms with Crippen LogP contribution in [0.1, 0.15) is 5.56 Å². The van der Waals surface area contributed by atoms with Crippen molar-refractivity contribution in [3.63, 3.8) is 0 Å². The van der Waals surface area contributed by atoms with Gasteiger partial charge in [-0.2, -0.15) is 0 Å². The molecular formula is C29H20N4. The van der Waals surface area contributed by atoms with Crippen LogP contribution in [0.3, 0.4) is 0 Å². The lowest BCUT2D eigenvalue weighted by Crippen LogP contribution is -1.96. The van der Waals surface area contributed by atoms with Crippen LogP contribution in [-0.2, 0) is 0 Å². The number of aromatic nitrogens is 4. The Morgan fingerprint density at radius 1 is 0.576 bits per heavy atom. The van der Waals surface area contributed by atoms with Crippen LogP contribution < -0.4 is 0 Å². The summed E-state index contributed by atoms with van der Waals surface area (Å²) >= 11 is 0. The normalized spacial score (nSPS) is 11.8. The first-order valence-corrected chi connectivity index (χ1v) is 11.1. The molecule has 0 radical (unpaired) electrons. The van der Waals surface area contributed by atoms with Gasteiger partial charge >= 0.3 is 0 Å². The second-order valence-electron chi connectivity index (χ2n) is 8.46. The molecule has 0 saturated carbocycles. The van der Waals surface area contributed by atoms with E-state index in [4.69, 9.17) is 9.97 Å². The van der Waals surface area contributed by atoms with Crippen molar-refractivity contribution in [1.29, 1.82) is 0 Å². The highest BCUT2D eigenvalue weighted by Gasteiger charge is 2.19. The molecule has 33 heavy (non-hydrogen) atoms. The number of hydrogen-bond donors (Lipinski definition) is 0. The highest BCUT2D eigenvalue weighted by Crippen LogP contribution is 2.36. The van der Waals surface area contributed by atoms with Gasteiger partial charge in [0.2, 0.25) is 0 Å². The lowest BCUT2D eigenvalue weighted by atomic mass is 10.2. The first kappa shape index (κ1) is 18.2. The molecule has 0 aliphatic rings. The zero-order valence-electron chi connectivity index (χ0n) is 18.1. The van der Waals surface area contributed by atoms with Gasteiger partial charge in [-0.3, -0.25) is 9.55 Å². The Hall–Kier alpha value is -4.44. The predicted octanol–water partition coefficient (Wildman–Crippen LogP) is 6.98. The van der Waals surface area contributed by atoms with E-state index in [2.05, 4.69) is 101 Å². The van der Waals surface area contributed by atoms with Crippen molar-refractivity contribution in [3.05, 3.63) is 109 Å². The van der Waals surface area contributed by atoms with E-state index in [-0.39, 0.29) is 0 Å². The van der Waals surface area contributed by atoms with Gasteiger partial charge < -0.3 is 4.57 Å². The summed E-state index contributed by atoms with van der Waals surface area (Å²) in [7, 11) is 0. The maximum Gasteiger partial charge on any atom is 0.146 e. The van der Waals surface area contributed by atoms with Gasteiger partial charge in [-0.1, -0.05) is 48.5 Å². The van der Waals surface area contributed by atoms with Crippen LogP contribution in [0.5, 0.6) is 0 Å². The summed E-state index contributed by atoms with van der Waals surface area (Å²) in [4.78, 5) is 10.0. The molecule has 0 atom stereocenters. The minimum absolute atomic E-state index is 0.916. The fraction of sp³-hybridized carbons (Fsp3) is 0.0345. The zero-order valence-corrected chi connectivity index (χ0v) is 18.1. The number of hydrogen-bond acceptors (Lipinski definition) is 2. The summed E-state index contributed by atoms with van der Waals surface area (Å²) in [6.07, 6.45) is 1.85. The average molecular weight is 425 g/mol. The van der Waals surface area contributed by atoms with E-state index in [1.165, 1.54) is 10.9 Å². The highest BCUT2D eigenvalue weighted by molar-refractivity contribution is 6.14. The number of benzene rings is 3. The van der Waals surface area contributed by atoms with Crippen LogP contribution >= 0.6 is 0 Å². The third kappa shape index (κ3) is 2.58. The van der Waals surface area contributed by atoms with Gasteiger partial charge in [0.1, 0.15) is 16.7 Å². The van der Waals surface area contributed by atoms with Crippen molar-refractivity contribution in [1.82, 2.24) is 19.1 Å². The Labute approximate surface area is 190 Å². The number of pyridine rings is 2. The fourth-order valence-electron chi connectivity index (χ4n) is 4.99. The van der Waals surface area contributed by atoms with Crippen molar-refractivity contribution < 1.29 is 0 Å². The standard InChI is InChI=1S/C29H20N4/c1-19-9-7-12-21(17-19)32-25-15-8-16-30-27(25)28-26(32)18-23-22-13-5-6-14-24(22)33(29(23)31-28)20-10-3-2-4-11-20/h2-18H,1H3. The number of nitrogens with zero attached hydrogens (tertiary/aromatic N) is 4. The molecule has 0 amide bonds. The Morgan fingerprint density at radius 3 is 2.24 bits per heavy atom. The average Bonchev–Trinajstić information content (AvgIpc) is 3.35. The summed E-state index contributed by atoms with van der Waals surface area (Å²) in [5.74, 6) is 0. The molecule has 0 bridgehead atoms. The number of fused-ring (bicyclic) bond motifs is 6. The van der Waals surface area contributed by atoms with Gasteiger partial charge in [0.15, 0.2) is 0 Å². The van der Waals surface area contributed by atoms with Crippen LogP contribution in [0.4, 0.5) is 0 Å². The largest absolute Gasteiger partial charge is 0.306 e. The van der Waals surface area contributed by atoms with Crippen molar-refractivity contribution in [2.24, 2.45) is 0 Å². The monoisotopic (exact) mass is 424 g/mol. The minimum Gasteiger partial charge on any atom is -0.306 e. The van der Waals surface area contributed by atoms with Crippen LogP contribution in [0.2, 0.25) is 0 Å². The smallest absolute Gasteiger partial charge is 0.146 e. The summed E-state index contributed by atoms with van der Waals surface area (Å²) in [5.41, 5.74) is 9.51. The third-order valence-electron chi connectivity index (χ3n) is 6.40. The summed E-state index contributed by atoms with van der Waals surface area (Å²) in [5, 5.41) is 2.33. The molecule has 7 rings (SSSR count). The Kier molecular flexibility index (Phi) is 3.73. The Morgan fingerprint density at radius 2 is 1.36 bits per heavy atom. The van der Waals surface area contributed by atoms with Gasteiger partial charge in [0.05, 0.1) is 16.6 Å². The molecule has 0 spiro atoms. The molecule has 0 aliphatic carbocycles. The van der Waals surface area contributed by atoms with Gasteiger partial charge in [-0.15, -0.1) is 0 Å². The van der Waals surface area contributed by atoms with Gasteiger partial charge in [-0.05, 0) is 61.0 Å². The topological polar surface area (TPSA) is 35.6 Å². The maximum absolute atomic E-state index is 5.27. The molecule has 156 valence electrons. The fourth-order valence-corrected chi connectivity index (χ4v) is 4.99. The molecule has 0 aliphatic heterocycles. The van der Waals surface area contributed by atoms with Gasteiger partial charge in [-0.25, -0.2) is 4.98 Å². The molecular weight excluding hydrogens is 404 g/mol. The van der Waals surface area contributed by atoms with Crippen molar-refractivity contribution in [3.8, 4) is 11.4 Å². The van der Waals surface area contributed by atoms with E-state index in [1.54, 1.807) is 0 Å². The summed E-state index contributed by atoms with van der Waals surface area (Å²) in [6, 6.07) is 34.0. The van der Waals surface area contributed by atoms with Gasteiger partial charge in [0.25, 0.3) is 0 Å². The van der Waals surface area contributed by atoms with E-state index in [9.17, 15) is 0 Å². The molecule has 4 aromatic heterocycles. The van der Waals surface area contributed by atoms with Crippen molar-refractivity contribution in [2.75, 3.05) is 0 Å². The van der Waals surface area contributed by atoms with E-state index < -0.39 is 0 Å². The lowest BCUT2D eigenvalue weighted by Gasteiger charge is -2.09. The Balaban J connectivity index is 1.69. The molecule has 0 fully saturated rings. The minimum atomic E-state index is 0.916. The zero-order chi connectivity index (χ0) is 21.9. The van der Waals surface area contributed by atoms with Crippen molar-refractivity contribution in [2.45, 2.75) is 6.92 Å². The second-order valence-corrected chi connectivity index (χ2v) is 8.46. The molecule has 0 unspecified atom stereocenters. The number of para-hydroxylation sites is 2. The van der Waals surface area contributed by atoms with Crippen LogP contribution in [-0.4, -0.2) is 19.1 Å². The molecule has 4 heterocycles. The quantitative estimate of drug-likeness (QED) is 0.300. The van der Waals surface area contributed by atoms with Crippen LogP contribution in [0.25, 0.3) is 55.4 Å². The third-order valence-corrected chi connectivity index (χ3v) is 6.40. The summed E-state index contributed by atoms with van der Waals surface area (Å²) in [6.45, 7) is 2.12. The van der Waals surface area contributed by atoms with Gasteiger partial charge in [0, 0.05) is 28.3 Å². The molecule has 0 N–H and O–H groups in total. The molecule has 3 aromatic carbocycles. The van der Waals surface area contributed by atoms with Crippen molar-refractivity contribution >= 4 is 44.0 Å².